The molecule has 3 heterocycles. The summed E-state index contributed by atoms with van der Waals surface area (Å²) in [7, 11) is 0. The van der Waals surface area contributed by atoms with Crippen molar-refractivity contribution in [2.24, 2.45) is 0 Å². The van der Waals surface area contributed by atoms with Gasteiger partial charge < -0.3 is 15.1 Å². The van der Waals surface area contributed by atoms with Crippen LogP contribution in [-0.2, 0) is 9.59 Å². The van der Waals surface area contributed by atoms with E-state index in [4.69, 9.17) is 0 Å². The predicted molar refractivity (Wildman–Crippen MR) is 111 cm³/mol. The molecule has 1 aliphatic heterocycles. The zero-order valence-electron chi connectivity index (χ0n) is 15.4. The minimum Gasteiger partial charge on any atom is -0.352 e. The van der Waals surface area contributed by atoms with Gasteiger partial charge >= 0.3 is 0 Å². The van der Waals surface area contributed by atoms with Crippen LogP contribution in [0.4, 0.5) is 11.6 Å². The van der Waals surface area contributed by atoms with Crippen LogP contribution in [0.2, 0.25) is 0 Å². The molecule has 2 aromatic heterocycles. The van der Waals surface area contributed by atoms with Crippen LogP contribution in [0.1, 0.15) is 12.8 Å². The highest BCUT2D eigenvalue weighted by atomic mass is 32.1. The molecule has 4 rings (SSSR count). The van der Waals surface area contributed by atoms with Crippen molar-refractivity contribution in [3.05, 3.63) is 48.7 Å². The number of anilines is 2. The molecule has 1 N–H and O–H groups in total. The first kappa shape index (κ1) is 18.4. The lowest BCUT2D eigenvalue weighted by Gasteiger charge is -2.35. The standard InChI is InChI=1S/C20H21N5O2S/c26-18(22-17-7-3-4-10-21-17)8-9-19(27)24-11-13-25(14-12-24)20-15-5-1-2-6-16(15)28-23-20/h1-7,10H,8-9,11-14H2,(H,21,22,26). The molecular formula is C20H21N5O2S. The maximum absolute atomic E-state index is 12.5. The molecular weight excluding hydrogens is 374 g/mol. The molecule has 0 unspecified atom stereocenters. The average molecular weight is 395 g/mol. The number of nitrogens with one attached hydrogen (secondary N) is 1. The number of rotatable bonds is 5. The van der Waals surface area contributed by atoms with Crippen molar-refractivity contribution in [2.45, 2.75) is 12.8 Å². The third-order valence-electron chi connectivity index (χ3n) is 4.79. The van der Waals surface area contributed by atoms with Gasteiger partial charge in [0.15, 0.2) is 0 Å². The van der Waals surface area contributed by atoms with Gasteiger partial charge in [0.05, 0.1) is 4.70 Å². The summed E-state index contributed by atoms with van der Waals surface area (Å²) in [5.74, 6) is 1.32. The third kappa shape index (κ3) is 4.12. The second-order valence-corrected chi connectivity index (χ2v) is 7.44. The topological polar surface area (TPSA) is 78.4 Å². The van der Waals surface area contributed by atoms with Crippen molar-refractivity contribution in [3.8, 4) is 0 Å². The first-order valence-corrected chi connectivity index (χ1v) is 10.1. The molecule has 2 amide bonds. The van der Waals surface area contributed by atoms with Gasteiger partial charge in [-0.3, -0.25) is 9.59 Å². The van der Waals surface area contributed by atoms with Gasteiger partial charge in [0.1, 0.15) is 11.6 Å². The van der Waals surface area contributed by atoms with Crippen LogP contribution in [0, 0.1) is 0 Å². The molecule has 28 heavy (non-hydrogen) atoms. The summed E-state index contributed by atoms with van der Waals surface area (Å²) in [4.78, 5) is 32.6. The van der Waals surface area contributed by atoms with Crippen LogP contribution >= 0.6 is 11.5 Å². The van der Waals surface area contributed by atoms with Crippen molar-refractivity contribution in [2.75, 3.05) is 36.4 Å². The minimum atomic E-state index is -0.195. The quantitative estimate of drug-likeness (QED) is 0.719. The van der Waals surface area contributed by atoms with E-state index >= 15 is 0 Å². The molecule has 144 valence electrons. The van der Waals surface area contributed by atoms with Crippen LogP contribution in [0.3, 0.4) is 0 Å². The number of carbonyl (C=O) groups is 2. The fourth-order valence-corrected chi connectivity index (χ4v) is 4.08. The van der Waals surface area contributed by atoms with Crippen LogP contribution in [0.25, 0.3) is 10.1 Å². The molecule has 8 heteroatoms. The van der Waals surface area contributed by atoms with E-state index < -0.39 is 0 Å². The largest absolute Gasteiger partial charge is 0.352 e. The van der Waals surface area contributed by atoms with Gasteiger partial charge in [-0.05, 0) is 35.8 Å². The van der Waals surface area contributed by atoms with Crippen molar-refractivity contribution in [1.82, 2.24) is 14.3 Å². The van der Waals surface area contributed by atoms with Crippen LogP contribution in [0.5, 0.6) is 0 Å². The molecule has 1 fully saturated rings. The van der Waals surface area contributed by atoms with Crippen molar-refractivity contribution >= 4 is 45.1 Å². The number of aromatic nitrogens is 2. The summed E-state index contributed by atoms with van der Waals surface area (Å²) in [6.07, 6.45) is 1.98. The van der Waals surface area contributed by atoms with E-state index in [0.29, 0.717) is 18.9 Å². The number of nitrogens with zero attached hydrogens (tertiary/aromatic N) is 4. The molecule has 1 saturated heterocycles. The Bertz CT molecular complexity index is 967. The lowest BCUT2D eigenvalue weighted by Crippen LogP contribution is -2.49. The second kappa shape index (κ2) is 8.35. The molecule has 0 radical (unpaired) electrons. The number of hydrogen-bond donors (Lipinski definition) is 1. The number of amides is 2. The Morgan fingerprint density at radius 3 is 2.57 bits per heavy atom. The summed E-state index contributed by atoms with van der Waals surface area (Å²) in [5, 5.41) is 3.87. The number of carbonyl (C=O) groups excluding carboxylic acids is 2. The lowest BCUT2D eigenvalue weighted by atomic mass is 10.2. The summed E-state index contributed by atoms with van der Waals surface area (Å²) < 4.78 is 5.77. The van der Waals surface area contributed by atoms with Gasteiger partial charge in [-0.2, -0.15) is 4.37 Å². The monoisotopic (exact) mass is 395 g/mol. The van der Waals surface area contributed by atoms with E-state index in [1.165, 1.54) is 21.6 Å². The summed E-state index contributed by atoms with van der Waals surface area (Å²) in [5.41, 5.74) is 0. The summed E-state index contributed by atoms with van der Waals surface area (Å²) in [6, 6.07) is 13.5. The Kier molecular flexibility index (Phi) is 5.48. The highest BCUT2D eigenvalue weighted by Crippen LogP contribution is 2.29. The van der Waals surface area contributed by atoms with Crippen LogP contribution in [0.15, 0.2) is 48.7 Å². The molecule has 0 aliphatic carbocycles. The Hall–Kier alpha value is -3.00. The smallest absolute Gasteiger partial charge is 0.226 e. The molecule has 0 atom stereocenters. The fourth-order valence-electron chi connectivity index (χ4n) is 3.29. The molecule has 0 spiro atoms. The fraction of sp³-hybridized carbons (Fsp3) is 0.300. The zero-order valence-corrected chi connectivity index (χ0v) is 16.2. The predicted octanol–water partition coefficient (Wildman–Crippen LogP) is 2.76. The average Bonchev–Trinajstić information content (AvgIpc) is 3.17. The lowest BCUT2D eigenvalue weighted by molar-refractivity contribution is -0.133. The maximum Gasteiger partial charge on any atom is 0.226 e. The Morgan fingerprint density at radius 2 is 1.79 bits per heavy atom. The van der Waals surface area contributed by atoms with Gasteiger partial charge in [0.25, 0.3) is 0 Å². The van der Waals surface area contributed by atoms with Gasteiger partial charge in [-0.1, -0.05) is 18.2 Å². The van der Waals surface area contributed by atoms with Gasteiger partial charge in [0.2, 0.25) is 11.8 Å². The Balaban J connectivity index is 1.26. The van der Waals surface area contributed by atoms with E-state index in [-0.39, 0.29) is 24.7 Å². The first-order valence-electron chi connectivity index (χ1n) is 9.29. The van der Waals surface area contributed by atoms with E-state index in [9.17, 15) is 9.59 Å². The minimum absolute atomic E-state index is 0.0129. The molecule has 0 saturated carbocycles. The number of hydrogen-bond acceptors (Lipinski definition) is 6. The zero-order chi connectivity index (χ0) is 19.3. The highest BCUT2D eigenvalue weighted by molar-refractivity contribution is 7.13. The molecule has 1 aromatic carbocycles. The number of piperazine rings is 1. The maximum atomic E-state index is 12.5. The number of fused-ring (bicyclic) bond motifs is 1. The molecule has 3 aromatic rings. The molecule has 1 aliphatic rings. The van der Waals surface area contributed by atoms with Gasteiger partial charge in [-0.15, -0.1) is 0 Å². The van der Waals surface area contributed by atoms with Crippen molar-refractivity contribution in [1.29, 1.82) is 0 Å². The Labute approximate surface area is 167 Å². The van der Waals surface area contributed by atoms with Crippen molar-refractivity contribution in [3.63, 3.8) is 0 Å². The third-order valence-corrected chi connectivity index (χ3v) is 5.61. The molecule has 0 bridgehead atoms. The van der Waals surface area contributed by atoms with Gasteiger partial charge in [-0.25, -0.2) is 4.98 Å². The van der Waals surface area contributed by atoms with E-state index in [1.54, 1.807) is 24.4 Å². The van der Waals surface area contributed by atoms with E-state index in [0.717, 1.165) is 18.9 Å². The second-order valence-electron chi connectivity index (χ2n) is 6.63. The first-order chi connectivity index (χ1) is 13.7. The summed E-state index contributed by atoms with van der Waals surface area (Å²) in [6.45, 7) is 2.79. The SMILES string of the molecule is O=C(CCC(=O)N1CCN(c2nsc3ccccc23)CC1)Nc1ccccn1. The van der Waals surface area contributed by atoms with Crippen molar-refractivity contribution < 1.29 is 9.59 Å². The molecule has 7 nitrogen and oxygen atoms in total. The summed E-state index contributed by atoms with van der Waals surface area (Å²) >= 11 is 1.50. The number of benzene rings is 1. The van der Waals surface area contributed by atoms with E-state index in [1.807, 2.05) is 17.0 Å². The Morgan fingerprint density at radius 1 is 1.00 bits per heavy atom. The number of pyridine rings is 1. The van der Waals surface area contributed by atoms with Crippen LogP contribution < -0.4 is 10.2 Å². The van der Waals surface area contributed by atoms with Gasteiger partial charge in [0, 0.05) is 50.6 Å². The highest BCUT2D eigenvalue weighted by Gasteiger charge is 2.23. The van der Waals surface area contributed by atoms with E-state index in [2.05, 4.69) is 31.7 Å². The van der Waals surface area contributed by atoms with Crippen LogP contribution in [-0.4, -0.2) is 52.3 Å². The normalized spacial score (nSPS) is 14.3.